The molecule has 2 aromatic carbocycles. The highest BCUT2D eigenvalue weighted by Crippen LogP contribution is 2.33. The van der Waals surface area contributed by atoms with Crippen LogP contribution >= 0.6 is 0 Å². The van der Waals surface area contributed by atoms with Gasteiger partial charge in [-0.1, -0.05) is 17.7 Å². The number of aryl methyl sites for hydroxylation is 4. The lowest BCUT2D eigenvalue weighted by Gasteiger charge is -2.11. The van der Waals surface area contributed by atoms with Crippen LogP contribution in [0.25, 0.3) is 11.6 Å². The van der Waals surface area contributed by atoms with Crippen molar-refractivity contribution in [2.24, 2.45) is 0 Å². The highest BCUT2D eigenvalue weighted by Gasteiger charge is 2.09. The molecule has 0 heterocycles. The molecule has 0 aromatic heterocycles. The average Bonchev–Trinajstić information content (AvgIpc) is 2.39. The molecule has 0 radical (unpaired) electrons. The van der Waals surface area contributed by atoms with E-state index in [0.717, 1.165) is 39.0 Å². The van der Waals surface area contributed by atoms with E-state index in [9.17, 15) is 10.2 Å². The second kappa shape index (κ2) is 5.65. The molecular formula is C19H22O2. The van der Waals surface area contributed by atoms with Crippen LogP contribution < -0.4 is 0 Å². The minimum atomic E-state index is 0.295. The Hall–Kier alpha value is -2.22. The molecule has 0 saturated heterocycles. The quantitative estimate of drug-likeness (QED) is 0.770. The number of allylic oxidation sites excluding steroid dienone is 1. The van der Waals surface area contributed by atoms with Gasteiger partial charge in [0.25, 0.3) is 0 Å². The Morgan fingerprint density at radius 1 is 0.810 bits per heavy atom. The number of hydrogen-bond donors (Lipinski definition) is 2. The van der Waals surface area contributed by atoms with Crippen molar-refractivity contribution in [3.63, 3.8) is 0 Å². The minimum Gasteiger partial charge on any atom is -0.507 e. The first-order chi connectivity index (χ1) is 9.79. The van der Waals surface area contributed by atoms with E-state index in [-0.39, 0.29) is 0 Å². The fraction of sp³-hybridized carbons (Fsp3) is 0.263. The van der Waals surface area contributed by atoms with Gasteiger partial charge in [-0.3, -0.25) is 0 Å². The van der Waals surface area contributed by atoms with E-state index in [2.05, 4.69) is 0 Å². The second-order valence-corrected chi connectivity index (χ2v) is 5.82. The maximum Gasteiger partial charge on any atom is 0.125 e. The Balaban J connectivity index is 2.57. The van der Waals surface area contributed by atoms with Crippen LogP contribution in [0, 0.1) is 27.7 Å². The van der Waals surface area contributed by atoms with Crippen LogP contribution in [0.4, 0.5) is 0 Å². The molecule has 0 unspecified atom stereocenters. The van der Waals surface area contributed by atoms with Gasteiger partial charge in [-0.15, -0.1) is 0 Å². The summed E-state index contributed by atoms with van der Waals surface area (Å²) in [6.45, 7) is 9.76. The minimum absolute atomic E-state index is 0.295. The molecule has 0 fully saturated rings. The Bertz CT molecular complexity index is 725. The summed E-state index contributed by atoms with van der Waals surface area (Å²) in [5, 5.41) is 20.4. The first-order valence-electron chi connectivity index (χ1n) is 7.08. The van der Waals surface area contributed by atoms with Crippen LogP contribution in [0.2, 0.25) is 0 Å². The van der Waals surface area contributed by atoms with E-state index in [0.29, 0.717) is 11.5 Å². The Labute approximate surface area is 126 Å². The highest BCUT2D eigenvalue weighted by molar-refractivity contribution is 5.85. The zero-order valence-electron chi connectivity index (χ0n) is 13.3. The highest BCUT2D eigenvalue weighted by atomic mass is 16.3. The summed E-state index contributed by atoms with van der Waals surface area (Å²) >= 11 is 0. The molecule has 2 aromatic rings. The van der Waals surface area contributed by atoms with Crippen molar-refractivity contribution in [1.29, 1.82) is 0 Å². The molecule has 0 aliphatic carbocycles. The molecule has 0 amide bonds. The number of benzene rings is 2. The summed E-state index contributed by atoms with van der Waals surface area (Å²) < 4.78 is 0. The third-order valence-corrected chi connectivity index (χ3v) is 3.72. The maximum absolute atomic E-state index is 10.2. The van der Waals surface area contributed by atoms with Crippen molar-refractivity contribution >= 4 is 11.6 Å². The van der Waals surface area contributed by atoms with Gasteiger partial charge in [0.1, 0.15) is 11.5 Å². The van der Waals surface area contributed by atoms with Gasteiger partial charge in [-0.05, 0) is 75.1 Å². The Morgan fingerprint density at radius 3 is 1.95 bits per heavy atom. The number of aromatic hydroxyl groups is 2. The molecule has 2 nitrogen and oxygen atoms in total. The fourth-order valence-corrected chi connectivity index (χ4v) is 2.67. The molecular weight excluding hydrogens is 260 g/mol. The topological polar surface area (TPSA) is 40.5 Å². The number of hydrogen-bond acceptors (Lipinski definition) is 2. The van der Waals surface area contributed by atoms with Crippen molar-refractivity contribution in [2.45, 2.75) is 34.6 Å². The lowest BCUT2D eigenvalue weighted by atomic mass is 9.97. The van der Waals surface area contributed by atoms with E-state index in [4.69, 9.17) is 0 Å². The van der Waals surface area contributed by atoms with Gasteiger partial charge in [0.2, 0.25) is 0 Å². The molecule has 0 atom stereocenters. The predicted octanol–water partition coefficient (Wildman–Crippen LogP) is 4.89. The summed E-state index contributed by atoms with van der Waals surface area (Å²) in [5.74, 6) is 0.599. The molecule has 2 rings (SSSR count). The molecule has 2 heteroatoms. The van der Waals surface area contributed by atoms with E-state index in [1.165, 1.54) is 0 Å². The molecule has 0 bridgehead atoms. The van der Waals surface area contributed by atoms with Crippen molar-refractivity contribution < 1.29 is 10.2 Å². The van der Waals surface area contributed by atoms with Crippen LogP contribution in [0.3, 0.4) is 0 Å². The van der Waals surface area contributed by atoms with Crippen molar-refractivity contribution in [3.8, 4) is 11.5 Å². The zero-order chi connectivity index (χ0) is 15.7. The van der Waals surface area contributed by atoms with Gasteiger partial charge in [0.05, 0.1) is 0 Å². The predicted molar refractivity (Wildman–Crippen MR) is 88.7 cm³/mol. The summed E-state index contributed by atoms with van der Waals surface area (Å²) in [4.78, 5) is 0. The van der Waals surface area contributed by atoms with Gasteiger partial charge in [0, 0.05) is 11.1 Å². The maximum atomic E-state index is 10.2. The smallest absolute Gasteiger partial charge is 0.125 e. The van der Waals surface area contributed by atoms with Crippen molar-refractivity contribution in [1.82, 2.24) is 0 Å². The summed E-state index contributed by atoms with van der Waals surface area (Å²) in [5.41, 5.74) is 6.46. The van der Waals surface area contributed by atoms with E-state index < -0.39 is 0 Å². The standard InChI is InChI=1S/C19H22O2/c1-11-6-14(4)18(20)16(8-11)10-13(3)17-9-12(2)7-15(5)19(17)21/h6-10,20-21H,1-5H3. The number of phenolic OH excluding ortho intramolecular Hbond substituents is 2. The molecule has 2 N–H and O–H groups in total. The Morgan fingerprint density at radius 2 is 1.33 bits per heavy atom. The van der Waals surface area contributed by atoms with E-state index >= 15 is 0 Å². The molecule has 0 aliphatic rings. The normalized spacial score (nSPS) is 11.8. The summed E-state index contributed by atoms with van der Waals surface area (Å²) in [7, 11) is 0. The summed E-state index contributed by atoms with van der Waals surface area (Å²) in [6, 6.07) is 7.83. The zero-order valence-corrected chi connectivity index (χ0v) is 13.3. The number of phenols is 2. The van der Waals surface area contributed by atoms with Crippen molar-refractivity contribution in [2.75, 3.05) is 0 Å². The summed E-state index contributed by atoms with van der Waals surface area (Å²) in [6.07, 6.45) is 1.92. The monoisotopic (exact) mass is 282 g/mol. The van der Waals surface area contributed by atoms with Gasteiger partial charge < -0.3 is 10.2 Å². The van der Waals surface area contributed by atoms with Crippen LogP contribution in [0.5, 0.6) is 11.5 Å². The van der Waals surface area contributed by atoms with Crippen LogP contribution in [0.15, 0.2) is 24.3 Å². The molecule has 0 aliphatic heterocycles. The molecule has 21 heavy (non-hydrogen) atoms. The van der Waals surface area contributed by atoms with Gasteiger partial charge in [-0.25, -0.2) is 0 Å². The first-order valence-corrected chi connectivity index (χ1v) is 7.08. The molecule has 0 saturated carbocycles. The largest absolute Gasteiger partial charge is 0.507 e. The lowest BCUT2D eigenvalue weighted by molar-refractivity contribution is 0.468. The Kier molecular flexibility index (Phi) is 4.08. The fourth-order valence-electron chi connectivity index (χ4n) is 2.67. The second-order valence-electron chi connectivity index (χ2n) is 5.82. The van der Waals surface area contributed by atoms with Crippen molar-refractivity contribution in [3.05, 3.63) is 57.6 Å². The average molecular weight is 282 g/mol. The third-order valence-electron chi connectivity index (χ3n) is 3.72. The third kappa shape index (κ3) is 3.10. The van der Waals surface area contributed by atoms with Crippen LogP contribution in [-0.2, 0) is 0 Å². The first kappa shape index (κ1) is 15.2. The lowest BCUT2D eigenvalue weighted by Crippen LogP contribution is -1.89. The van der Waals surface area contributed by atoms with Gasteiger partial charge >= 0.3 is 0 Å². The molecule has 0 spiro atoms. The van der Waals surface area contributed by atoms with Crippen LogP contribution in [-0.4, -0.2) is 10.2 Å². The SMILES string of the molecule is CC(=Cc1cc(C)cc(C)c1O)c1cc(C)cc(C)c1O. The van der Waals surface area contributed by atoms with Crippen LogP contribution in [0.1, 0.15) is 40.3 Å². The van der Waals surface area contributed by atoms with E-state index in [1.54, 1.807) is 0 Å². The number of rotatable bonds is 2. The van der Waals surface area contributed by atoms with E-state index in [1.807, 2.05) is 65.0 Å². The molecule has 110 valence electrons. The van der Waals surface area contributed by atoms with Gasteiger partial charge in [-0.2, -0.15) is 0 Å². The van der Waals surface area contributed by atoms with Gasteiger partial charge in [0.15, 0.2) is 0 Å².